The number of rotatable bonds is 5. The Labute approximate surface area is 129 Å². The van der Waals surface area contributed by atoms with Crippen LogP contribution < -0.4 is 10.1 Å². The molecule has 0 amide bonds. The summed E-state index contributed by atoms with van der Waals surface area (Å²) in [6, 6.07) is 12.6. The van der Waals surface area contributed by atoms with E-state index in [0.29, 0.717) is 10.6 Å². The summed E-state index contributed by atoms with van der Waals surface area (Å²) in [5.41, 5.74) is 2.43. The number of hydrogen-bond donors (Lipinski definition) is 1. The SMILES string of the molecule is COc1ccc(C(=O)/C=C\Nc2cccc(Cl)c2C)cc1. The Kier molecular flexibility index (Phi) is 5.01. The molecular formula is C17H16ClNO2. The van der Waals surface area contributed by atoms with Crippen LogP contribution in [0.2, 0.25) is 5.02 Å². The maximum atomic E-state index is 12.0. The number of anilines is 1. The van der Waals surface area contributed by atoms with Crippen LogP contribution >= 0.6 is 11.6 Å². The van der Waals surface area contributed by atoms with E-state index in [-0.39, 0.29) is 5.78 Å². The first-order chi connectivity index (χ1) is 10.1. The van der Waals surface area contributed by atoms with Gasteiger partial charge in [0.25, 0.3) is 0 Å². The molecule has 1 N–H and O–H groups in total. The summed E-state index contributed by atoms with van der Waals surface area (Å²) in [4.78, 5) is 12.0. The molecule has 0 atom stereocenters. The molecule has 0 aliphatic rings. The third-order valence-corrected chi connectivity index (χ3v) is 3.53. The number of allylic oxidation sites excluding steroid dienone is 1. The minimum absolute atomic E-state index is 0.0789. The molecule has 108 valence electrons. The molecule has 3 nitrogen and oxygen atoms in total. The molecule has 4 heteroatoms. The van der Waals surface area contributed by atoms with E-state index in [9.17, 15) is 4.79 Å². The number of ether oxygens (including phenoxy) is 1. The minimum atomic E-state index is -0.0789. The lowest BCUT2D eigenvalue weighted by Crippen LogP contribution is -1.97. The van der Waals surface area contributed by atoms with Crippen molar-refractivity contribution in [3.8, 4) is 5.75 Å². The Morgan fingerprint density at radius 2 is 1.90 bits per heavy atom. The van der Waals surface area contributed by atoms with Crippen molar-refractivity contribution in [3.63, 3.8) is 0 Å². The van der Waals surface area contributed by atoms with E-state index in [0.717, 1.165) is 17.0 Å². The highest BCUT2D eigenvalue weighted by atomic mass is 35.5. The van der Waals surface area contributed by atoms with Crippen molar-refractivity contribution in [2.24, 2.45) is 0 Å². The molecule has 0 fully saturated rings. The number of hydrogen-bond acceptors (Lipinski definition) is 3. The van der Waals surface area contributed by atoms with Crippen LogP contribution in [0.15, 0.2) is 54.7 Å². The van der Waals surface area contributed by atoms with Crippen LogP contribution in [0.4, 0.5) is 5.69 Å². The molecule has 0 aromatic heterocycles. The molecule has 2 rings (SSSR count). The van der Waals surface area contributed by atoms with Gasteiger partial charge in [-0.05, 0) is 48.9 Å². The molecule has 0 heterocycles. The standard InChI is InChI=1S/C17H16ClNO2/c1-12-15(18)4-3-5-16(12)19-11-10-17(20)13-6-8-14(21-2)9-7-13/h3-11,19H,1-2H3/b11-10-. The first-order valence-corrected chi connectivity index (χ1v) is 6.86. The normalized spacial score (nSPS) is 10.6. The average Bonchev–Trinajstić information content (AvgIpc) is 2.51. The first kappa shape index (κ1) is 15.1. The van der Waals surface area contributed by atoms with Crippen molar-refractivity contribution < 1.29 is 9.53 Å². The smallest absolute Gasteiger partial charge is 0.187 e. The minimum Gasteiger partial charge on any atom is -0.497 e. The molecule has 0 radical (unpaired) electrons. The van der Waals surface area contributed by atoms with Crippen molar-refractivity contribution in [2.75, 3.05) is 12.4 Å². The predicted octanol–water partition coefficient (Wildman–Crippen LogP) is 4.47. The average molecular weight is 302 g/mol. The van der Waals surface area contributed by atoms with Gasteiger partial charge in [0.15, 0.2) is 5.78 Å². The lowest BCUT2D eigenvalue weighted by atomic mass is 10.1. The maximum absolute atomic E-state index is 12.0. The lowest BCUT2D eigenvalue weighted by Gasteiger charge is -2.06. The number of halogens is 1. The van der Waals surface area contributed by atoms with Crippen molar-refractivity contribution in [1.82, 2.24) is 0 Å². The zero-order valence-corrected chi connectivity index (χ0v) is 12.6. The van der Waals surface area contributed by atoms with Gasteiger partial charge in [0.05, 0.1) is 7.11 Å². The van der Waals surface area contributed by atoms with Gasteiger partial charge in [-0.1, -0.05) is 17.7 Å². The highest BCUT2D eigenvalue weighted by Crippen LogP contribution is 2.22. The van der Waals surface area contributed by atoms with Crippen LogP contribution in [0.3, 0.4) is 0 Å². The Balaban J connectivity index is 2.03. The molecule has 21 heavy (non-hydrogen) atoms. The molecule has 0 saturated heterocycles. The largest absolute Gasteiger partial charge is 0.497 e. The molecule has 0 bridgehead atoms. The highest BCUT2D eigenvalue weighted by Gasteiger charge is 2.02. The third-order valence-electron chi connectivity index (χ3n) is 3.12. The highest BCUT2D eigenvalue weighted by molar-refractivity contribution is 6.31. The number of ketones is 1. The summed E-state index contributed by atoms with van der Waals surface area (Å²) in [5.74, 6) is 0.646. The van der Waals surface area contributed by atoms with Gasteiger partial charge in [-0.3, -0.25) is 4.79 Å². The molecule has 0 aliphatic heterocycles. The molecule has 0 spiro atoms. The molecule has 0 saturated carbocycles. The van der Waals surface area contributed by atoms with E-state index in [4.69, 9.17) is 16.3 Å². The predicted molar refractivity (Wildman–Crippen MR) is 86.3 cm³/mol. The first-order valence-electron chi connectivity index (χ1n) is 6.48. The number of carbonyl (C=O) groups is 1. The van der Waals surface area contributed by atoms with E-state index < -0.39 is 0 Å². The van der Waals surface area contributed by atoms with Gasteiger partial charge in [-0.2, -0.15) is 0 Å². The van der Waals surface area contributed by atoms with E-state index in [2.05, 4.69) is 5.32 Å². The number of carbonyl (C=O) groups excluding carboxylic acids is 1. The molecule has 2 aromatic carbocycles. The van der Waals surface area contributed by atoms with Gasteiger partial charge in [-0.25, -0.2) is 0 Å². The summed E-state index contributed by atoms with van der Waals surface area (Å²) < 4.78 is 5.06. The number of benzene rings is 2. The van der Waals surface area contributed by atoms with Crippen LogP contribution in [0.5, 0.6) is 5.75 Å². The summed E-state index contributed by atoms with van der Waals surface area (Å²) in [6.45, 7) is 1.92. The van der Waals surface area contributed by atoms with Gasteiger partial charge < -0.3 is 10.1 Å². The lowest BCUT2D eigenvalue weighted by molar-refractivity contribution is 0.104. The summed E-state index contributed by atoms with van der Waals surface area (Å²) in [6.07, 6.45) is 3.10. The fourth-order valence-corrected chi connectivity index (χ4v) is 2.00. The fourth-order valence-electron chi connectivity index (χ4n) is 1.82. The third kappa shape index (κ3) is 3.86. The van der Waals surface area contributed by atoms with Crippen LogP contribution in [0.1, 0.15) is 15.9 Å². The second-order valence-electron chi connectivity index (χ2n) is 4.48. The Morgan fingerprint density at radius 1 is 1.19 bits per heavy atom. The monoisotopic (exact) mass is 301 g/mol. The second-order valence-corrected chi connectivity index (χ2v) is 4.89. The Hall–Kier alpha value is -2.26. The van der Waals surface area contributed by atoms with E-state index in [1.807, 2.05) is 25.1 Å². The zero-order valence-electron chi connectivity index (χ0n) is 11.9. The summed E-state index contributed by atoms with van der Waals surface area (Å²) in [7, 11) is 1.59. The zero-order chi connectivity index (χ0) is 15.2. The Bertz CT molecular complexity index is 663. The van der Waals surface area contributed by atoms with Gasteiger partial charge >= 0.3 is 0 Å². The topological polar surface area (TPSA) is 38.3 Å². The van der Waals surface area contributed by atoms with E-state index in [1.54, 1.807) is 37.6 Å². The van der Waals surface area contributed by atoms with E-state index in [1.165, 1.54) is 6.08 Å². The summed E-state index contributed by atoms with van der Waals surface area (Å²) >= 11 is 6.04. The molecule has 0 aliphatic carbocycles. The summed E-state index contributed by atoms with van der Waals surface area (Å²) in [5, 5.41) is 3.76. The van der Waals surface area contributed by atoms with Gasteiger partial charge in [0.2, 0.25) is 0 Å². The van der Waals surface area contributed by atoms with Crippen molar-refractivity contribution in [1.29, 1.82) is 0 Å². The van der Waals surface area contributed by atoms with Crippen molar-refractivity contribution in [3.05, 3.63) is 70.9 Å². The van der Waals surface area contributed by atoms with Crippen molar-refractivity contribution >= 4 is 23.1 Å². The van der Waals surface area contributed by atoms with Crippen LogP contribution in [-0.4, -0.2) is 12.9 Å². The van der Waals surface area contributed by atoms with Crippen LogP contribution in [-0.2, 0) is 0 Å². The Morgan fingerprint density at radius 3 is 2.57 bits per heavy atom. The maximum Gasteiger partial charge on any atom is 0.187 e. The van der Waals surface area contributed by atoms with Gasteiger partial charge in [0, 0.05) is 28.5 Å². The second kappa shape index (κ2) is 6.95. The number of methoxy groups -OCH3 is 1. The van der Waals surface area contributed by atoms with Gasteiger partial charge in [0.1, 0.15) is 5.75 Å². The van der Waals surface area contributed by atoms with E-state index >= 15 is 0 Å². The molecule has 2 aromatic rings. The molecular weight excluding hydrogens is 286 g/mol. The van der Waals surface area contributed by atoms with Gasteiger partial charge in [-0.15, -0.1) is 0 Å². The fraction of sp³-hybridized carbons (Fsp3) is 0.118. The number of nitrogens with one attached hydrogen (secondary N) is 1. The van der Waals surface area contributed by atoms with Crippen LogP contribution in [0, 0.1) is 6.92 Å². The van der Waals surface area contributed by atoms with Crippen molar-refractivity contribution in [2.45, 2.75) is 6.92 Å². The molecule has 0 unspecified atom stereocenters. The quantitative estimate of drug-likeness (QED) is 0.654. The van der Waals surface area contributed by atoms with Crippen LogP contribution in [0.25, 0.3) is 0 Å².